The van der Waals surface area contributed by atoms with Crippen molar-refractivity contribution in [3.63, 3.8) is 0 Å². The molecule has 0 radical (unpaired) electrons. The summed E-state index contributed by atoms with van der Waals surface area (Å²) in [5.41, 5.74) is 1.46. The van der Waals surface area contributed by atoms with E-state index in [9.17, 15) is 13.2 Å². The highest BCUT2D eigenvalue weighted by molar-refractivity contribution is 5.42. The first-order valence-electron chi connectivity index (χ1n) is 6.31. The van der Waals surface area contributed by atoms with Crippen LogP contribution >= 0.6 is 0 Å². The lowest BCUT2D eigenvalue weighted by molar-refractivity contribution is -0.179. The molecule has 1 aliphatic rings. The van der Waals surface area contributed by atoms with Gasteiger partial charge in [0.15, 0.2) is 0 Å². The molecule has 106 valence electrons. The van der Waals surface area contributed by atoms with Crippen LogP contribution in [0.1, 0.15) is 24.1 Å². The highest BCUT2D eigenvalue weighted by atomic mass is 19.4. The van der Waals surface area contributed by atoms with E-state index in [1.165, 1.54) is 0 Å². The van der Waals surface area contributed by atoms with E-state index in [0.29, 0.717) is 18.9 Å². The van der Waals surface area contributed by atoms with Crippen molar-refractivity contribution in [2.75, 3.05) is 18.0 Å². The molecule has 1 aliphatic heterocycles. The van der Waals surface area contributed by atoms with Gasteiger partial charge in [-0.25, -0.2) is 4.98 Å². The van der Waals surface area contributed by atoms with E-state index < -0.39 is 12.1 Å². The number of pyridine rings is 1. The quantitative estimate of drug-likeness (QED) is 0.900. The molecule has 1 N–H and O–H groups in total. The van der Waals surface area contributed by atoms with Crippen molar-refractivity contribution in [3.05, 3.63) is 23.4 Å². The highest BCUT2D eigenvalue weighted by Crippen LogP contribution is 2.35. The second-order valence-electron chi connectivity index (χ2n) is 4.88. The van der Waals surface area contributed by atoms with Crippen molar-refractivity contribution in [2.45, 2.75) is 32.5 Å². The summed E-state index contributed by atoms with van der Waals surface area (Å²) < 4.78 is 37.7. The van der Waals surface area contributed by atoms with Gasteiger partial charge < -0.3 is 10.0 Å². The summed E-state index contributed by atoms with van der Waals surface area (Å²) in [4.78, 5) is 6.21. The first kappa shape index (κ1) is 14.1. The number of aliphatic hydroxyl groups excluding tert-OH is 1. The van der Waals surface area contributed by atoms with Crippen LogP contribution in [0.15, 0.2) is 12.1 Å². The lowest BCUT2D eigenvalue weighted by atomic mass is 9.96. The summed E-state index contributed by atoms with van der Waals surface area (Å²) in [5.74, 6) is -0.503. The Kier molecular flexibility index (Phi) is 3.99. The minimum atomic E-state index is -4.09. The van der Waals surface area contributed by atoms with E-state index in [4.69, 9.17) is 5.11 Å². The molecule has 2 heterocycles. The minimum Gasteiger partial charge on any atom is -0.392 e. The van der Waals surface area contributed by atoms with Gasteiger partial charge >= 0.3 is 6.18 Å². The number of aliphatic hydroxyl groups is 1. The van der Waals surface area contributed by atoms with Gasteiger partial charge in [0.2, 0.25) is 0 Å². The van der Waals surface area contributed by atoms with Gasteiger partial charge in [0.1, 0.15) is 5.82 Å². The fourth-order valence-corrected chi connectivity index (χ4v) is 2.36. The molecule has 0 amide bonds. The molecule has 1 aromatic heterocycles. The molecule has 3 nitrogen and oxygen atoms in total. The van der Waals surface area contributed by atoms with Crippen molar-refractivity contribution >= 4 is 5.82 Å². The number of alkyl halides is 3. The van der Waals surface area contributed by atoms with Crippen LogP contribution in [0.5, 0.6) is 0 Å². The molecular weight excluding hydrogens is 257 g/mol. The number of nitrogens with zero attached hydrogens (tertiary/aromatic N) is 2. The summed E-state index contributed by atoms with van der Waals surface area (Å²) in [6.45, 7) is 2.46. The average Bonchev–Trinajstić information content (AvgIpc) is 2.38. The number of hydrogen-bond donors (Lipinski definition) is 1. The second-order valence-corrected chi connectivity index (χ2v) is 4.88. The SMILES string of the molecule is Cc1nc(N2CCC(C(F)(F)F)CC2)ccc1CO. The molecule has 2 rings (SSSR count). The Morgan fingerprint density at radius 3 is 2.42 bits per heavy atom. The minimum absolute atomic E-state index is 0.0741. The van der Waals surface area contributed by atoms with E-state index in [-0.39, 0.29) is 19.4 Å². The Morgan fingerprint density at radius 2 is 1.95 bits per heavy atom. The summed E-state index contributed by atoms with van der Waals surface area (Å²) >= 11 is 0. The molecule has 1 aromatic rings. The van der Waals surface area contributed by atoms with Gasteiger partial charge in [-0.15, -0.1) is 0 Å². The predicted molar refractivity (Wildman–Crippen MR) is 65.9 cm³/mol. The van der Waals surface area contributed by atoms with Crippen LogP contribution in [0, 0.1) is 12.8 Å². The van der Waals surface area contributed by atoms with Crippen LogP contribution in [-0.2, 0) is 6.61 Å². The van der Waals surface area contributed by atoms with Gasteiger partial charge in [0, 0.05) is 18.8 Å². The van der Waals surface area contributed by atoms with Gasteiger partial charge in [-0.05, 0) is 31.4 Å². The van der Waals surface area contributed by atoms with Crippen LogP contribution in [-0.4, -0.2) is 29.4 Å². The number of aryl methyl sites for hydroxylation is 1. The molecule has 1 saturated heterocycles. The van der Waals surface area contributed by atoms with Crippen LogP contribution in [0.4, 0.5) is 19.0 Å². The van der Waals surface area contributed by atoms with Gasteiger partial charge in [-0.3, -0.25) is 0 Å². The van der Waals surface area contributed by atoms with E-state index in [0.717, 1.165) is 11.3 Å². The zero-order valence-corrected chi connectivity index (χ0v) is 10.7. The third kappa shape index (κ3) is 3.18. The van der Waals surface area contributed by atoms with Gasteiger partial charge in [0.25, 0.3) is 0 Å². The monoisotopic (exact) mass is 274 g/mol. The van der Waals surface area contributed by atoms with Crippen LogP contribution < -0.4 is 4.90 Å². The lowest BCUT2D eigenvalue weighted by Crippen LogP contribution is -2.39. The van der Waals surface area contributed by atoms with Gasteiger partial charge in [0.05, 0.1) is 12.5 Å². The first-order valence-corrected chi connectivity index (χ1v) is 6.31. The molecule has 6 heteroatoms. The van der Waals surface area contributed by atoms with E-state index >= 15 is 0 Å². The highest BCUT2D eigenvalue weighted by Gasteiger charge is 2.41. The molecular formula is C13H17F3N2O. The molecule has 19 heavy (non-hydrogen) atoms. The molecule has 1 fully saturated rings. The molecule has 0 saturated carbocycles. The summed E-state index contributed by atoms with van der Waals surface area (Å²) in [5, 5.41) is 9.07. The smallest absolute Gasteiger partial charge is 0.391 e. The van der Waals surface area contributed by atoms with E-state index in [2.05, 4.69) is 4.98 Å². The zero-order valence-electron chi connectivity index (χ0n) is 10.7. The van der Waals surface area contributed by atoms with Crippen LogP contribution in [0.25, 0.3) is 0 Å². The first-order chi connectivity index (χ1) is 8.91. The van der Waals surface area contributed by atoms with Crippen molar-refractivity contribution in [2.24, 2.45) is 5.92 Å². The Balaban J connectivity index is 2.04. The molecule has 0 atom stereocenters. The molecule has 0 bridgehead atoms. The fourth-order valence-electron chi connectivity index (χ4n) is 2.36. The summed E-state index contributed by atoms with van der Waals surface area (Å²) in [6.07, 6.45) is -3.85. The largest absolute Gasteiger partial charge is 0.392 e. The van der Waals surface area contributed by atoms with Crippen molar-refractivity contribution < 1.29 is 18.3 Å². The second kappa shape index (κ2) is 5.36. The van der Waals surface area contributed by atoms with Crippen LogP contribution in [0.3, 0.4) is 0 Å². The van der Waals surface area contributed by atoms with Gasteiger partial charge in [-0.1, -0.05) is 6.07 Å². The number of halogens is 3. The van der Waals surface area contributed by atoms with Crippen molar-refractivity contribution in [1.29, 1.82) is 0 Å². The normalized spacial score (nSPS) is 17.8. The number of aromatic nitrogens is 1. The topological polar surface area (TPSA) is 36.4 Å². The van der Waals surface area contributed by atoms with E-state index in [1.54, 1.807) is 19.1 Å². The third-order valence-electron chi connectivity index (χ3n) is 3.63. The number of hydrogen-bond acceptors (Lipinski definition) is 3. The fraction of sp³-hybridized carbons (Fsp3) is 0.615. The summed E-state index contributed by atoms with van der Waals surface area (Å²) in [7, 11) is 0. The zero-order chi connectivity index (χ0) is 14.0. The Bertz CT molecular complexity index is 440. The number of rotatable bonds is 2. The third-order valence-corrected chi connectivity index (χ3v) is 3.63. The predicted octanol–water partition coefficient (Wildman–Crippen LogP) is 2.66. The number of piperidine rings is 1. The Hall–Kier alpha value is -1.30. The summed E-state index contributed by atoms with van der Waals surface area (Å²) in [6, 6.07) is 3.53. The maximum atomic E-state index is 12.6. The Labute approximate surface area is 110 Å². The van der Waals surface area contributed by atoms with E-state index in [1.807, 2.05) is 4.90 Å². The number of anilines is 1. The van der Waals surface area contributed by atoms with Gasteiger partial charge in [-0.2, -0.15) is 13.2 Å². The lowest BCUT2D eigenvalue weighted by Gasteiger charge is -2.33. The maximum Gasteiger partial charge on any atom is 0.391 e. The van der Waals surface area contributed by atoms with Crippen LogP contribution in [0.2, 0.25) is 0 Å². The Morgan fingerprint density at radius 1 is 1.32 bits per heavy atom. The molecule has 0 unspecified atom stereocenters. The molecule has 0 spiro atoms. The average molecular weight is 274 g/mol. The molecule has 0 aliphatic carbocycles. The van der Waals surface area contributed by atoms with Crippen molar-refractivity contribution in [1.82, 2.24) is 4.98 Å². The maximum absolute atomic E-state index is 12.6. The molecule has 0 aromatic carbocycles. The van der Waals surface area contributed by atoms with Crippen molar-refractivity contribution in [3.8, 4) is 0 Å². The standard InChI is InChI=1S/C13H17F3N2O/c1-9-10(8-19)2-3-12(17-9)18-6-4-11(5-7-18)13(14,15)16/h2-3,11,19H,4-8H2,1H3.